The SMILES string of the molecule is Cc1csc(COc2ccc(C(=O)Nc3ccccc3C)cc2)n1. The first-order valence-electron chi connectivity index (χ1n) is 7.62. The third-order valence-corrected chi connectivity index (χ3v) is 4.48. The fourth-order valence-corrected chi connectivity index (χ4v) is 2.91. The van der Waals surface area contributed by atoms with Crippen LogP contribution in [0.1, 0.15) is 26.6 Å². The summed E-state index contributed by atoms with van der Waals surface area (Å²) in [6.07, 6.45) is 0. The molecule has 0 saturated carbocycles. The van der Waals surface area contributed by atoms with Crippen LogP contribution < -0.4 is 10.1 Å². The molecule has 0 aliphatic carbocycles. The maximum Gasteiger partial charge on any atom is 0.255 e. The number of carbonyl (C=O) groups excluding carboxylic acids is 1. The van der Waals surface area contributed by atoms with E-state index < -0.39 is 0 Å². The lowest BCUT2D eigenvalue weighted by molar-refractivity contribution is 0.102. The zero-order chi connectivity index (χ0) is 16.9. The molecule has 0 aliphatic heterocycles. The predicted octanol–water partition coefficient (Wildman–Crippen LogP) is 4.59. The quantitative estimate of drug-likeness (QED) is 0.740. The van der Waals surface area contributed by atoms with E-state index in [1.165, 1.54) is 0 Å². The van der Waals surface area contributed by atoms with Crippen LogP contribution in [0.5, 0.6) is 5.75 Å². The Kier molecular flexibility index (Phi) is 4.91. The lowest BCUT2D eigenvalue weighted by atomic mass is 10.1. The zero-order valence-corrected chi connectivity index (χ0v) is 14.4. The summed E-state index contributed by atoms with van der Waals surface area (Å²) in [6.45, 7) is 4.36. The summed E-state index contributed by atoms with van der Waals surface area (Å²) in [4.78, 5) is 16.7. The minimum Gasteiger partial charge on any atom is -0.486 e. The Morgan fingerprint density at radius 3 is 2.54 bits per heavy atom. The van der Waals surface area contributed by atoms with Crippen molar-refractivity contribution in [3.8, 4) is 5.75 Å². The number of para-hydroxylation sites is 1. The topological polar surface area (TPSA) is 51.2 Å². The summed E-state index contributed by atoms with van der Waals surface area (Å²) in [7, 11) is 0. The predicted molar refractivity (Wildman–Crippen MR) is 96.8 cm³/mol. The van der Waals surface area contributed by atoms with Gasteiger partial charge in [-0.2, -0.15) is 0 Å². The number of benzene rings is 2. The van der Waals surface area contributed by atoms with Crippen molar-refractivity contribution in [3.63, 3.8) is 0 Å². The first-order chi connectivity index (χ1) is 11.6. The van der Waals surface area contributed by atoms with Crippen molar-refractivity contribution in [2.75, 3.05) is 5.32 Å². The number of hydrogen-bond donors (Lipinski definition) is 1. The van der Waals surface area contributed by atoms with E-state index in [1.807, 2.05) is 43.5 Å². The fourth-order valence-electron chi connectivity index (χ4n) is 2.22. The highest BCUT2D eigenvalue weighted by Gasteiger charge is 2.08. The molecular formula is C19H18N2O2S. The largest absolute Gasteiger partial charge is 0.486 e. The summed E-state index contributed by atoms with van der Waals surface area (Å²) in [6, 6.07) is 14.8. The van der Waals surface area contributed by atoms with Gasteiger partial charge < -0.3 is 10.1 Å². The summed E-state index contributed by atoms with van der Waals surface area (Å²) in [5.74, 6) is 0.585. The molecule has 3 aromatic rings. The summed E-state index contributed by atoms with van der Waals surface area (Å²) in [5.41, 5.74) is 3.45. The van der Waals surface area contributed by atoms with Crippen molar-refractivity contribution in [2.45, 2.75) is 20.5 Å². The normalized spacial score (nSPS) is 10.4. The van der Waals surface area contributed by atoms with Crippen LogP contribution in [0, 0.1) is 13.8 Å². The average Bonchev–Trinajstić information content (AvgIpc) is 3.01. The monoisotopic (exact) mass is 338 g/mol. The highest BCUT2D eigenvalue weighted by molar-refractivity contribution is 7.09. The third-order valence-electron chi connectivity index (χ3n) is 3.54. The van der Waals surface area contributed by atoms with E-state index in [-0.39, 0.29) is 5.91 Å². The van der Waals surface area contributed by atoms with Crippen molar-refractivity contribution in [2.24, 2.45) is 0 Å². The van der Waals surface area contributed by atoms with Gasteiger partial charge in [-0.05, 0) is 49.7 Å². The molecule has 2 aromatic carbocycles. The molecule has 0 spiro atoms. The van der Waals surface area contributed by atoms with Crippen molar-refractivity contribution < 1.29 is 9.53 Å². The molecule has 0 fully saturated rings. The number of rotatable bonds is 5. The molecule has 0 saturated heterocycles. The van der Waals surface area contributed by atoms with Gasteiger partial charge in [0.25, 0.3) is 5.91 Å². The van der Waals surface area contributed by atoms with Crippen molar-refractivity contribution >= 4 is 22.9 Å². The molecule has 1 N–H and O–H groups in total. The molecule has 0 aliphatic rings. The van der Waals surface area contributed by atoms with Gasteiger partial charge in [0, 0.05) is 22.3 Å². The van der Waals surface area contributed by atoms with Crippen LogP contribution in [0.15, 0.2) is 53.9 Å². The summed E-state index contributed by atoms with van der Waals surface area (Å²) < 4.78 is 5.69. The van der Waals surface area contributed by atoms with Gasteiger partial charge in [0.15, 0.2) is 0 Å². The highest BCUT2D eigenvalue weighted by atomic mass is 32.1. The molecule has 4 nitrogen and oxygen atoms in total. The zero-order valence-electron chi connectivity index (χ0n) is 13.6. The van der Waals surface area contributed by atoms with Crippen LogP contribution in [0.2, 0.25) is 0 Å². The number of aryl methyl sites for hydroxylation is 2. The second-order valence-electron chi connectivity index (χ2n) is 5.46. The van der Waals surface area contributed by atoms with Crippen LogP contribution in [0.25, 0.3) is 0 Å². The van der Waals surface area contributed by atoms with Crippen molar-refractivity contribution in [1.29, 1.82) is 0 Å². The van der Waals surface area contributed by atoms with Gasteiger partial charge in [0.1, 0.15) is 17.4 Å². The number of anilines is 1. The average molecular weight is 338 g/mol. The number of carbonyl (C=O) groups is 1. The van der Waals surface area contributed by atoms with Gasteiger partial charge in [-0.25, -0.2) is 4.98 Å². The number of nitrogens with one attached hydrogen (secondary N) is 1. The van der Waals surface area contributed by atoms with Crippen LogP contribution in [0.3, 0.4) is 0 Å². The van der Waals surface area contributed by atoms with E-state index in [2.05, 4.69) is 10.3 Å². The number of ether oxygens (including phenoxy) is 1. The molecule has 24 heavy (non-hydrogen) atoms. The number of amides is 1. The van der Waals surface area contributed by atoms with E-state index in [0.29, 0.717) is 12.2 Å². The Bertz CT molecular complexity index is 841. The Morgan fingerprint density at radius 2 is 1.88 bits per heavy atom. The highest BCUT2D eigenvalue weighted by Crippen LogP contribution is 2.18. The second-order valence-corrected chi connectivity index (χ2v) is 6.41. The minimum atomic E-state index is -0.133. The Morgan fingerprint density at radius 1 is 1.12 bits per heavy atom. The minimum absolute atomic E-state index is 0.133. The molecule has 0 unspecified atom stereocenters. The number of hydrogen-bond acceptors (Lipinski definition) is 4. The lowest BCUT2D eigenvalue weighted by Crippen LogP contribution is -2.12. The molecule has 122 valence electrons. The fraction of sp³-hybridized carbons (Fsp3) is 0.158. The number of aromatic nitrogens is 1. The first-order valence-corrected chi connectivity index (χ1v) is 8.50. The van der Waals surface area contributed by atoms with E-state index >= 15 is 0 Å². The van der Waals surface area contributed by atoms with Crippen molar-refractivity contribution in [3.05, 3.63) is 75.7 Å². The number of nitrogens with zero attached hydrogens (tertiary/aromatic N) is 1. The van der Waals surface area contributed by atoms with E-state index in [1.54, 1.807) is 35.6 Å². The first kappa shape index (κ1) is 16.2. The molecule has 5 heteroatoms. The van der Waals surface area contributed by atoms with E-state index in [9.17, 15) is 4.79 Å². The molecule has 0 bridgehead atoms. The molecule has 1 amide bonds. The van der Waals surface area contributed by atoms with Crippen LogP contribution in [-0.4, -0.2) is 10.9 Å². The van der Waals surface area contributed by atoms with Gasteiger partial charge in [-0.3, -0.25) is 4.79 Å². The lowest BCUT2D eigenvalue weighted by Gasteiger charge is -2.09. The van der Waals surface area contributed by atoms with Gasteiger partial charge in [-0.1, -0.05) is 18.2 Å². The van der Waals surface area contributed by atoms with Gasteiger partial charge in [0.2, 0.25) is 0 Å². The molecular weight excluding hydrogens is 320 g/mol. The molecule has 1 aromatic heterocycles. The van der Waals surface area contributed by atoms with Crippen LogP contribution >= 0.6 is 11.3 Å². The van der Waals surface area contributed by atoms with Crippen molar-refractivity contribution in [1.82, 2.24) is 4.98 Å². The van der Waals surface area contributed by atoms with Crippen LogP contribution in [0.4, 0.5) is 5.69 Å². The Balaban J connectivity index is 1.61. The van der Waals surface area contributed by atoms with E-state index in [0.717, 1.165) is 27.7 Å². The van der Waals surface area contributed by atoms with E-state index in [4.69, 9.17) is 4.74 Å². The summed E-state index contributed by atoms with van der Waals surface area (Å²) >= 11 is 1.58. The van der Waals surface area contributed by atoms with Crippen LogP contribution in [-0.2, 0) is 6.61 Å². The maximum absolute atomic E-state index is 12.3. The summed E-state index contributed by atoms with van der Waals surface area (Å²) in [5, 5.41) is 5.85. The van der Waals surface area contributed by atoms with Gasteiger partial charge >= 0.3 is 0 Å². The maximum atomic E-state index is 12.3. The van der Waals surface area contributed by atoms with Gasteiger partial charge in [0.05, 0.1) is 0 Å². The third kappa shape index (κ3) is 4.00. The Labute approximate surface area is 145 Å². The molecule has 0 atom stereocenters. The standard InChI is InChI=1S/C19H18N2O2S/c1-13-5-3-4-6-17(13)21-19(22)15-7-9-16(10-8-15)23-11-18-20-14(2)12-24-18/h3-10,12H,11H2,1-2H3,(H,21,22). The Hall–Kier alpha value is -2.66. The molecule has 0 radical (unpaired) electrons. The number of thiazole rings is 1. The van der Waals surface area contributed by atoms with Gasteiger partial charge in [-0.15, -0.1) is 11.3 Å². The molecule has 3 rings (SSSR count). The second kappa shape index (κ2) is 7.27. The molecule has 1 heterocycles. The smallest absolute Gasteiger partial charge is 0.255 e.